The Morgan fingerprint density at radius 1 is 1.29 bits per heavy atom. The molecule has 0 saturated carbocycles. The van der Waals surface area contributed by atoms with E-state index in [-0.39, 0.29) is 6.54 Å². The number of ether oxygens (including phenoxy) is 1. The van der Waals surface area contributed by atoms with E-state index in [4.69, 9.17) is 4.74 Å². The van der Waals surface area contributed by atoms with E-state index in [1.807, 2.05) is 20.0 Å². The van der Waals surface area contributed by atoms with Crippen LogP contribution in [0.15, 0.2) is 35.6 Å². The molecule has 0 radical (unpaired) electrons. The van der Waals surface area contributed by atoms with Crippen LogP contribution in [0, 0.1) is 13.8 Å². The Labute approximate surface area is 167 Å². The van der Waals surface area contributed by atoms with Gasteiger partial charge in [0.25, 0.3) is 0 Å². The number of rotatable bonds is 9. The molecule has 0 spiro atoms. The molecule has 1 unspecified atom stereocenters. The largest absolute Gasteiger partial charge is 0.493 e. The highest BCUT2D eigenvalue weighted by Crippen LogP contribution is 2.22. The van der Waals surface area contributed by atoms with E-state index in [2.05, 4.69) is 46.7 Å². The summed E-state index contributed by atoms with van der Waals surface area (Å²) in [6, 6.07) is 6.16. The van der Waals surface area contributed by atoms with Crippen LogP contribution in [0.1, 0.15) is 37.0 Å². The SMILES string of the molecule is CCNC(=NCC(C)(O)c1cnn(C)c1)NCCCOc1c(C)cccc1C. The van der Waals surface area contributed by atoms with Crippen LogP contribution in [0.4, 0.5) is 0 Å². The van der Waals surface area contributed by atoms with Gasteiger partial charge in [0, 0.05) is 31.9 Å². The molecule has 3 N–H and O–H groups in total. The fourth-order valence-corrected chi connectivity index (χ4v) is 2.85. The lowest BCUT2D eigenvalue weighted by Gasteiger charge is -2.20. The minimum Gasteiger partial charge on any atom is -0.493 e. The number of aromatic nitrogens is 2. The summed E-state index contributed by atoms with van der Waals surface area (Å²) in [5.41, 5.74) is 1.99. The quantitative estimate of drug-likeness (QED) is 0.349. The normalized spacial score (nSPS) is 13.9. The van der Waals surface area contributed by atoms with Gasteiger partial charge in [-0.2, -0.15) is 5.10 Å². The minimum atomic E-state index is -1.07. The number of hydrogen-bond donors (Lipinski definition) is 3. The van der Waals surface area contributed by atoms with E-state index in [9.17, 15) is 5.11 Å². The molecule has 1 aromatic carbocycles. The number of hydrogen-bond acceptors (Lipinski definition) is 4. The summed E-state index contributed by atoms with van der Waals surface area (Å²) in [4.78, 5) is 4.52. The maximum Gasteiger partial charge on any atom is 0.191 e. The predicted molar refractivity (Wildman–Crippen MR) is 113 cm³/mol. The molecular formula is C21H33N5O2. The lowest BCUT2D eigenvalue weighted by Crippen LogP contribution is -2.39. The Morgan fingerprint density at radius 2 is 2.00 bits per heavy atom. The molecule has 1 heterocycles. The molecule has 7 nitrogen and oxygen atoms in total. The van der Waals surface area contributed by atoms with Gasteiger partial charge >= 0.3 is 0 Å². The van der Waals surface area contributed by atoms with Crippen molar-refractivity contribution in [2.24, 2.45) is 12.0 Å². The van der Waals surface area contributed by atoms with Crippen LogP contribution < -0.4 is 15.4 Å². The average molecular weight is 388 g/mol. The number of para-hydroxylation sites is 1. The number of aryl methyl sites for hydroxylation is 3. The Bertz CT molecular complexity index is 763. The third-order valence-electron chi connectivity index (χ3n) is 4.48. The molecular weight excluding hydrogens is 354 g/mol. The van der Waals surface area contributed by atoms with Gasteiger partial charge in [-0.05, 0) is 45.2 Å². The van der Waals surface area contributed by atoms with E-state index in [1.165, 1.54) is 0 Å². The number of nitrogens with zero attached hydrogens (tertiary/aromatic N) is 3. The molecule has 1 aromatic heterocycles. The molecule has 2 aromatic rings. The van der Waals surface area contributed by atoms with E-state index in [0.717, 1.165) is 42.0 Å². The number of aliphatic hydroxyl groups is 1. The van der Waals surface area contributed by atoms with Gasteiger partial charge in [0.2, 0.25) is 0 Å². The zero-order valence-electron chi connectivity index (χ0n) is 17.6. The summed E-state index contributed by atoms with van der Waals surface area (Å²) >= 11 is 0. The van der Waals surface area contributed by atoms with Crippen molar-refractivity contribution in [1.29, 1.82) is 0 Å². The smallest absolute Gasteiger partial charge is 0.191 e. The summed E-state index contributed by atoms with van der Waals surface area (Å²) in [6.07, 6.45) is 4.32. The van der Waals surface area contributed by atoms with Crippen molar-refractivity contribution in [3.8, 4) is 5.75 Å². The second-order valence-corrected chi connectivity index (χ2v) is 7.22. The Morgan fingerprint density at radius 3 is 2.61 bits per heavy atom. The molecule has 0 fully saturated rings. The van der Waals surface area contributed by atoms with Crippen LogP contribution in [0.25, 0.3) is 0 Å². The van der Waals surface area contributed by atoms with Crippen molar-refractivity contribution < 1.29 is 9.84 Å². The topological polar surface area (TPSA) is 83.7 Å². The first kappa shape index (κ1) is 21.8. The summed E-state index contributed by atoms with van der Waals surface area (Å²) in [5.74, 6) is 1.65. The Kier molecular flexibility index (Phi) is 7.87. The van der Waals surface area contributed by atoms with Gasteiger partial charge in [-0.25, -0.2) is 4.99 Å². The fourth-order valence-electron chi connectivity index (χ4n) is 2.85. The Balaban J connectivity index is 1.82. The van der Waals surface area contributed by atoms with Crippen molar-refractivity contribution in [3.05, 3.63) is 47.3 Å². The second kappa shape index (κ2) is 10.1. The predicted octanol–water partition coefficient (Wildman–Crippen LogP) is 2.27. The summed E-state index contributed by atoms with van der Waals surface area (Å²) in [5, 5.41) is 21.3. The molecule has 0 amide bonds. The maximum atomic E-state index is 10.7. The maximum absolute atomic E-state index is 10.7. The molecule has 0 bridgehead atoms. The third kappa shape index (κ3) is 6.27. The highest BCUT2D eigenvalue weighted by Gasteiger charge is 2.24. The van der Waals surface area contributed by atoms with Gasteiger partial charge in [0.1, 0.15) is 11.4 Å². The van der Waals surface area contributed by atoms with E-state index >= 15 is 0 Å². The van der Waals surface area contributed by atoms with Crippen LogP contribution in [0.3, 0.4) is 0 Å². The highest BCUT2D eigenvalue weighted by atomic mass is 16.5. The van der Waals surface area contributed by atoms with Crippen molar-refractivity contribution in [2.45, 2.75) is 39.7 Å². The van der Waals surface area contributed by atoms with Crippen LogP contribution in [-0.2, 0) is 12.6 Å². The minimum absolute atomic E-state index is 0.243. The first-order valence-corrected chi connectivity index (χ1v) is 9.76. The van der Waals surface area contributed by atoms with Crippen molar-refractivity contribution in [3.63, 3.8) is 0 Å². The van der Waals surface area contributed by atoms with Gasteiger partial charge in [-0.15, -0.1) is 0 Å². The van der Waals surface area contributed by atoms with E-state index in [1.54, 1.807) is 24.0 Å². The van der Waals surface area contributed by atoms with E-state index in [0.29, 0.717) is 12.6 Å². The number of benzene rings is 1. The standard InChI is InChI=1S/C21H33N5O2/c1-6-22-20(24-15-21(4,27)18-13-25-26(5)14-18)23-11-8-12-28-19-16(2)9-7-10-17(19)3/h7,9-10,13-14,27H,6,8,11-12,15H2,1-5H3,(H2,22,23,24). The molecule has 0 aliphatic carbocycles. The molecule has 0 aliphatic heterocycles. The fraction of sp³-hybridized carbons (Fsp3) is 0.524. The summed E-state index contributed by atoms with van der Waals surface area (Å²) < 4.78 is 7.61. The highest BCUT2D eigenvalue weighted by molar-refractivity contribution is 5.79. The van der Waals surface area contributed by atoms with Crippen LogP contribution in [0.2, 0.25) is 0 Å². The van der Waals surface area contributed by atoms with E-state index < -0.39 is 5.60 Å². The number of aliphatic imine (C=N–C) groups is 1. The second-order valence-electron chi connectivity index (χ2n) is 7.22. The van der Waals surface area contributed by atoms with Crippen molar-refractivity contribution in [1.82, 2.24) is 20.4 Å². The van der Waals surface area contributed by atoms with Gasteiger partial charge in [0.15, 0.2) is 5.96 Å². The summed E-state index contributed by atoms with van der Waals surface area (Å²) in [7, 11) is 1.83. The lowest BCUT2D eigenvalue weighted by atomic mass is 10.0. The van der Waals surface area contributed by atoms with Gasteiger partial charge in [0.05, 0.1) is 19.3 Å². The molecule has 154 valence electrons. The first-order chi connectivity index (χ1) is 13.3. The monoisotopic (exact) mass is 387 g/mol. The zero-order valence-corrected chi connectivity index (χ0v) is 17.6. The Hall–Kier alpha value is -2.54. The third-order valence-corrected chi connectivity index (χ3v) is 4.48. The van der Waals surface area contributed by atoms with Crippen LogP contribution in [-0.4, -0.2) is 47.1 Å². The molecule has 1 atom stereocenters. The lowest BCUT2D eigenvalue weighted by molar-refractivity contribution is 0.0672. The van der Waals surface area contributed by atoms with Crippen molar-refractivity contribution in [2.75, 3.05) is 26.2 Å². The molecule has 0 saturated heterocycles. The zero-order chi connectivity index (χ0) is 20.6. The summed E-state index contributed by atoms with van der Waals surface area (Å²) in [6.45, 7) is 10.2. The van der Waals surface area contributed by atoms with Gasteiger partial charge < -0.3 is 20.5 Å². The average Bonchev–Trinajstić information content (AvgIpc) is 3.09. The number of guanidine groups is 1. The first-order valence-electron chi connectivity index (χ1n) is 9.76. The van der Waals surface area contributed by atoms with Gasteiger partial charge in [-0.3, -0.25) is 4.68 Å². The van der Waals surface area contributed by atoms with Crippen LogP contribution in [0.5, 0.6) is 5.75 Å². The van der Waals surface area contributed by atoms with Gasteiger partial charge in [-0.1, -0.05) is 18.2 Å². The molecule has 28 heavy (non-hydrogen) atoms. The molecule has 2 rings (SSSR count). The number of nitrogens with one attached hydrogen (secondary N) is 2. The molecule has 0 aliphatic rings. The van der Waals surface area contributed by atoms with Crippen LogP contribution >= 0.6 is 0 Å². The molecule has 7 heteroatoms. The van der Waals surface area contributed by atoms with Crippen molar-refractivity contribution >= 4 is 5.96 Å².